The minimum absolute atomic E-state index is 0.494. The number of benzene rings is 1. The Hall–Kier alpha value is -1.32. The summed E-state index contributed by atoms with van der Waals surface area (Å²) in [5, 5.41) is 18.6. The molecule has 1 rings (SSSR count). The summed E-state index contributed by atoms with van der Waals surface area (Å²) in [6.07, 6.45) is 3.28. The average Bonchev–Trinajstić information content (AvgIpc) is 2.29. The van der Waals surface area contributed by atoms with Crippen molar-refractivity contribution >= 4 is 12.7 Å². The van der Waals surface area contributed by atoms with E-state index in [1.807, 2.05) is 30.3 Å². The lowest BCUT2D eigenvalue weighted by atomic mass is 9.74. The van der Waals surface area contributed by atoms with Crippen molar-refractivity contribution in [2.24, 2.45) is 0 Å². The van der Waals surface area contributed by atoms with Crippen LogP contribution in [-0.4, -0.2) is 17.2 Å². The number of rotatable bonds is 5. The molecule has 0 bridgehead atoms. The zero-order valence-corrected chi connectivity index (χ0v) is 9.56. The fraction of sp³-hybridized carbons (Fsp3) is 0.231. The van der Waals surface area contributed by atoms with E-state index in [1.165, 1.54) is 6.08 Å². The van der Waals surface area contributed by atoms with Crippen LogP contribution in [0.15, 0.2) is 48.5 Å². The van der Waals surface area contributed by atoms with Gasteiger partial charge >= 0.3 is 7.12 Å². The van der Waals surface area contributed by atoms with Gasteiger partial charge in [0.05, 0.1) is 0 Å². The molecular formula is C13H17BO2. The highest BCUT2D eigenvalue weighted by molar-refractivity contribution is 6.53. The monoisotopic (exact) mass is 216 g/mol. The normalized spacial score (nSPS) is 11.9. The van der Waals surface area contributed by atoms with Crippen LogP contribution in [0.4, 0.5) is 0 Å². The van der Waals surface area contributed by atoms with Crippen LogP contribution in [0, 0.1) is 0 Å². The molecule has 0 atom stereocenters. The van der Waals surface area contributed by atoms with Gasteiger partial charge in [-0.15, -0.1) is 0 Å². The molecule has 0 saturated carbocycles. The van der Waals surface area contributed by atoms with E-state index in [0.717, 1.165) is 24.0 Å². The first kappa shape index (κ1) is 12.8. The summed E-state index contributed by atoms with van der Waals surface area (Å²) in [5.41, 5.74) is 2.47. The predicted octanol–water partition coefficient (Wildman–Crippen LogP) is 2.44. The zero-order chi connectivity index (χ0) is 12.0. The summed E-state index contributed by atoms with van der Waals surface area (Å²) in [7, 11) is -1.46. The lowest BCUT2D eigenvalue weighted by Gasteiger charge is -2.12. The SMILES string of the molecule is C=C/C(B(O)O)=C(\CCC)c1ccccc1. The molecule has 1 aromatic carbocycles. The molecule has 16 heavy (non-hydrogen) atoms. The van der Waals surface area contributed by atoms with Crippen molar-refractivity contribution in [2.75, 3.05) is 0 Å². The van der Waals surface area contributed by atoms with Crippen LogP contribution >= 0.6 is 0 Å². The second-order valence-electron chi connectivity index (χ2n) is 3.63. The van der Waals surface area contributed by atoms with Crippen molar-refractivity contribution in [1.82, 2.24) is 0 Å². The molecule has 0 radical (unpaired) electrons. The van der Waals surface area contributed by atoms with Crippen LogP contribution in [0.1, 0.15) is 25.3 Å². The molecule has 3 heteroatoms. The Morgan fingerprint density at radius 3 is 2.38 bits per heavy atom. The highest BCUT2D eigenvalue weighted by Crippen LogP contribution is 2.24. The van der Waals surface area contributed by atoms with E-state index in [1.54, 1.807) is 0 Å². The summed E-state index contributed by atoms with van der Waals surface area (Å²) in [6.45, 7) is 5.70. The van der Waals surface area contributed by atoms with Crippen LogP contribution in [0.3, 0.4) is 0 Å². The largest absolute Gasteiger partial charge is 0.488 e. The molecule has 0 aromatic heterocycles. The van der Waals surface area contributed by atoms with Crippen LogP contribution in [-0.2, 0) is 0 Å². The van der Waals surface area contributed by atoms with Crippen molar-refractivity contribution in [3.8, 4) is 0 Å². The first-order valence-corrected chi connectivity index (χ1v) is 5.47. The Labute approximate surface area is 97.1 Å². The third kappa shape index (κ3) is 3.09. The Balaban J connectivity index is 3.21. The van der Waals surface area contributed by atoms with Gasteiger partial charge in [0, 0.05) is 0 Å². The van der Waals surface area contributed by atoms with Gasteiger partial charge in [0.25, 0.3) is 0 Å². The summed E-state index contributed by atoms with van der Waals surface area (Å²) in [5.74, 6) is 0. The maximum Gasteiger partial charge on any atom is 0.488 e. The Kier molecular flexibility index (Phi) is 5.03. The lowest BCUT2D eigenvalue weighted by molar-refractivity contribution is 0.421. The quantitative estimate of drug-likeness (QED) is 0.586. The van der Waals surface area contributed by atoms with Crippen molar-refractivity contribution in [2.45, 2.75) is 19.8 Å². The molecule has 2 nitrogen and oxygen atoms in total. The van der Waals surface area contributed by atoms with Crippen LogP contribution < -0.4 is 0 Å². The fourth-order valence-electron chi connectivity index (χ4n) is 1.73. The summed E-state index contributed by atoms with van der Waals surface area (Å²) in [4.78, 5) is 0. The zero-order valence-electron chi connectivity index (χ0n) is 9.56. The van der Waals surface area contributed by atoms with Crippen molar-refractivity contribution in [3.05, 3.63) is 54.0 Å². The van der Waals surface area contributed by atoms with E-state index in [4.69, 9.17) is 0 Å². The van der Waals surface area contributed by atoms with Crippen molar-refractivity contribution in [1.29, 1.82) is 0 Å². The van der Waals surface area contributed by atoms with Gasteiger partial charge in [0.2, 0.25) is 0 Å². The van der Waals surface area contributed by atoms with Gasteiger partial charge in [-0.25, -0.2) is 0 Å². The molecule has 0 fully saturated rings. The Bertz CT molecular complexity index is 369. The van der Waals surface area contributed by atoms with Crippen molar-refractivity contribution < 1.29 is 10.0 Å². The van der Waals surface area contributed by atoms with Gasteiger partial charge in [-0.05, 0) is 23.0 Å². The highest BCUT2D eigenvalue weighted by Gasteiger charge is 2.17. The third-order valence-corrected chi connectivity index (χ3v) is 2.47. The van der Waals surface area contributed by atoms with E-state index >= 15 is 0 Å². The lowest BCUT2D eigenvalue weighted by Crippen LogP contribution is -2.15. The van der Waals surface area contributed by atoms with E-state index in [0.29, 0.717) is 5.47 Å². The smallest absolute Gasteiger partial charge is 0.423 e. The molecule has 0 unspecified atom stereocenters. The summed E-state index contributed by atoms with van der Waals surface area (Å²) >= 11 is 0. The van der Waals surface area contributed by atoms with Gasteiger partial charge in [0.1, 0.15) is 0 Å². The van der Waals surface area contributed by atoms with E-state index in [-0.39, 0.29) is 0 Å². The van der Waals surface area contributed by atoms with E-state index < -0.39 is 7.12 Å². The van der Waals surface area contributed by atoms with Crippen LogP contribution in [0.5, 0.6) is 0 Å². The minimum Gasteiger partial charge on any atom is -0.423 e. The Morgan fingerprint density at radius 1 is 1.31 bits per heavy atom. The van der Waals surface area contributed by atoms with Crippen LogP contribution in [0.2, 0.25) is 0 Å². The highest BCUT2D eigenvalue weighted by atomic mass is 16.4. The fourth-order valence-corrected chi connectivity index (χ4v) is 1.73. The summed E-state index contributed by atoms with van der Waals surface area (Å²) < 4.78 is 0. The van der Waals surface area contributed by atoms with Gasteiger partial charge in [-0.1, -0.05) is 56.3 Å². The molecule has 0 amide bonds. The molecule has 84 valence electrons. The number of hydrogen-bond donors (Lipinski definition) is 2. The average molecular weight is 216 g/mol. The van der Waals surface area contributed by atoms with Gasteiger partial charge in [-0.2, -0.15) is 0 Å². The predicted molar refractivity (Wildman–Crippen MR) is 68.7 cm³/mol. The topological polar surface area (TPSA) is 40.5 Å². The Morgan fingerprint density at radius 2 is 1.94 bits per heavy atom. The van der Waals surface area contributed by atoms with Gasteiger partial charge < -0.3 is 10.0 Å². The van der Waals surface area contributed by atoms with Gasteiger partial charge in [0.15, 0.2) is 0 Å². The molecule has 1 aromatic rings. The van der Waals surface area contributed by atoms with E-state index in [2.05, 4.69) is 13.5 Å². The number of allylic oxidation sites excluding steroid dienone is 3. The van der Waals surface area contributed by atoms with Gasteiger partial charge in [-0.3, -0.25) is 0 Å². The first-order chi connectivity index (χ1) is 7.70. The standard InChI is InChI=1S/C13H17BO2/c1-3-8-12(13(4-2)14(15)16)11-9-6-5-7-10-11/h4-7,9-10,15-16H,2-3,8H2,1H3/b13-12-. The molecule has 0 heterocycles. The summed E-state index contributed by atoms with van der Waals surface area (Å²) in [6, 6.07) is 9.76. The molecule has 0 aliphatic heterocycles. The number of hydrogen-bond acceptors (Lipinski definition) is 2. The van der Waals surface area contributed by atoms with Crippen LogP contribution in [0.25, 0.3) is 5.57 Å². The second-order valence-corrected chi connectivity index (χ2v) is 3.63. The molecule has 0 aliphatic rings. The van der Waals surface area contributed by atoms with E-state index in [9.17, 15) is 10.0 Å². The minimum atomic E-state index is -1.46. The molecule has 0 spiro atoms. The molecule has 2 N–H and O–H groups in total. The second kappa shape index (κ2) is 6.31. The molecule has 0 aliphatic carbocycles. The first-order valence-electron chi connectivity index (χ1n) is 5.47. The van der Waals surface area contributed by atoms with Crippen molar-refractivity contribution in [3.63, 3.8) is 0 Å². The molecular weight excluding hydrogens is 199 g/mol. The maximum atomic E-state index is 9.30. The maximum absolute atomic E-state index is 9.30. The molecule has 0 saturated heterocycles. The third-order valence-electron chi connectivity index (χ3n) is 2.47.